The second kappa shape index (κ2) is 7.61. The molecule has 1 saturated carbocycles. The summed E-state index contributed by atoms with van der Waals surface area (Å²) in [5.41, 5.74) is 6.00. The molecule has 0 radical (unpaired) electrons. The molecule has 3 heteroatoms. The van der Waals surface area contributed by atoms with Crippen LogP contribution in [0.4, 0.5) is 0 Å². The van der Waals surface area contributed by atoms with Crippen molar-refractivity contribution in [2.24, 2.45) is 11.7 Å². The van der Waals surface area contributed by atoms with Crippen LogP contribution in [0.15, 0.2) is 0 Å². The Bertz CT molecular complexity index is 256. The van der Waals surface area contributed by atoms with E-state index in [0.717, 1.165) is 24.5 Å². The maximum Gasteiger partial charge on any atom is 0.0135 e. The van der Waals surface area contributed by atoms with Gasteiger partial charge in [-0.15, -0.1) is 0 Å². The van der Waals surface area contributed by atoms with E-state index >= 15 is 0 Å². The summed E-state index contributed by atoms with van der Waals surface area (Å²) in [6, 6.07) is 1.53. The van der Waals surface area contributed by atoms with Crippen LogP contribution in [0.25, 0.3) is 0 Å². The van der Waals surface area contributed by atoms with Crippen LogP contribution in [0.3, 0.4) is 0 Å². The molecule has 0 amide bonds. The SMILES string of the molecule is CCN1CCCC(N(C)C2CCCCC2CN)CC1. The van der Waals surface area contributed by atoms with E-state index in [0.29, 0.717) is 0 Å². The fourth-order valence-electron chi connectivity index (χ4n) is 4.13. The smallest absolute Gasteiger partial charge is 0.0135 e. The molecule has 3 unspecified atom stereocenters. The fourth-order valence-corrected chi connectivity index (χ4v) is 4.13. The van der Waals surface area contributed by atoms with Gasteiger partial charge in [-0.1, -0.05) is 19.8 Å². The summed E-state index contributed by atoms with van der Waals surface area (Å²) >= 11 is 0. The number of hydrogen-bond acceptors (Lipinski definition) is 3. The zero-order chi connectivity index (χ0) is 13.7. The van der Waals surface area contributed by atoms with Gasteiger partial charge in [0.2, 0.25) is 0 Å². The molecule has 112 valence electrons. The standard InChI is InChI=1S/C16H33N3/c1-3-19-11-6-8-15(10-12-19)18(2)16-9-5-4-7-14(16)13-17/h14-16H,3-13,17H2,1-2H3. The van der Waals surface area contributed by atoms with Gasteiger partial charge in [0.1, 0.15) is 0 Å². The number of nitrogens with two attached hydrogens (primary N) is 1. The molecular weight excluding hydrogens is 234 g/mol. The molecule has 0 spiro atoms. The highest BCUT2D eigenvalue weighted by Gasteiger charge is 2.31. The minimum Gasteiger partial charge on any atom is -0.330 e. The quantitative estimate of drug-likeness (QED) is 0.848. The maximum atomic E-state index is 6.00. The molecule has 2 fully saturated rings. The van der Waals surface area contributed by atoms with Gasteiger partial charge in [-0.2, -0.15) is 0 Å². The third-order valence-corrected chi connectivity index (χ3v) is 5.51. The van der Waals surface area contributed by atoms with Crippen LogP contribution in [0, 0.1) is 5.92 Å². The molecule has 19 heavy (non-hydrogen) atoms. The fraction of sp³-hybridized carbons (Fsp3) is 1.00. The Hall–Kier alpha value is -0.120. The molecule has 0 aromatic heterocycles. The third-order valence-electron chi connectivity index (χ3n) is 5.51. The van der Waals surface area contributed by atoms with Crippen LogP contribution in [0.5, 0.6) is 0 Å². The summed E-state index contributed by atoms with van der Waals surface area (Å²) in [4.78, 5) is 5.31. The molecule has 3 nitrogen and oxygen atoms in total. The molecule has 1 heterocycles. The van der Waals surface area contributed by atoms with Crippen LogP contribution in [-0.2, 0) is 0 Å². The van der Waals surface area contributed by atoms with Gasteiger partial charge in [0.15, 0.2) is 0 Å². The molecule has 1 aliphatic carbocycles. The first-order valence-electron chi connectivity index (χ1n) is 8.40. The third kappa shape index (κ3) is 3.93. The van der Waals surface area contributed by atoms with Crippen LogP contribution in [-0.4, -0.2) is 55.1 Å². The monoisotopic (exact) mass is 267 g/mol. The van der Waals surface area contributed by atoms with Crippen molar-refractivity contribution in [1.29, 1.82) is 0 Å². The van der Waals surface area contributed by atoms with Gasteiger partial charge in [-0.3, -0.25) is 0 Å². The highest BCUT2D eigenvalue weighted by Crippen LogP contribution is 2.30. The van der Waals surface area contributed by atoms with E-state index < -0.39 is 0 Å². The summed E-state index contributed by atoms with van der Waals surface area (Å²) in [6.45, 7) is 6.96. The van der Waals surface area contributed by atoms with Crippen molar-refractivity contribution in [3.8, 4) is 0 Å². The number of nitrogens with zero attached hydrogens (tertiary/aromatic N) is 2. The highest BCUT2D eigenvalue weighted by molar-refractivity contribution is 4.87. The summed E-state index contributed by atoms with van der Waals surface area (Å²) < 4.78 is 0. The van der Waals surface area contributed by atoms with E-state index in [1.54, 1.807) is 0 Å². The zero-order valence-corrected chi connectivity index (χ0v) is 13.0. The van der Waals surface area contributed by atoms with Gasteiger partial charge in [-0.25, -0.2) is 0 Å². The molecule has 2 aliphatic rings. The normalized spacial score (nSPS) is 34.4. The lowest BCUT2D eigenvalue weighted by atomic mass is 9.83. The molecule has 1 saturated heterocycles. The van der Waals surface area contributed by atoms with E-state index in [4.69, 9.17) is 5.73 Å². The minimum atomic E-state index is 0.740. The first kappa shape index (κ1) is 15.3. The molecule has 0 aromatic carbocycles. The van der Waals surface area contributed by atoms with Crippen LogP contribution < -0.4 is 5.73 Å². The predicted octanol–water partition coefficient (Wildman–Crippen LogP) is 2.31. The number of hydrogen-bond donors (Lipinski definition) is 1. The van der Waals surface area contributed by atoms with Crippen molar-refractivity contribution in [3.05, 3.63) is 0 Å². The Morgan fingerprint density at radius 3 is 2.58 bits per heavy atom. The van der Waals surface area contributed by atoms with Crippen LogP contribution >= 0.6 is 0 Å². The first-order valence-corrected chi connectivity index (χ1v) is 8.40. The largest absolute Gasteiger partial charge is 0.330 e. The summed E-state index contributed by atoms with van der Waals surface area (Å²) in [5, 5.41) is 0. The Balaban J connectivity index is 1.92. The topological polar surface area (TPSA) is 32.5 Å². The first-order chi connectivity index (χ1) is 9.26. The number of rotatable bonds is 4. The van der Waals surface area contributed by atoms with E-state index in [2.05, 4.69) is 23.8 Å². The lowest BCUT2D eigenvalue weighted by Gasteiger charge is -2.41. The maximum absolute atomic E-state index is 6.00. The Labute approximate surface area is 119 Å². The van der Waals surface area contributed by atoms with Crippen LogP contribution in [0.1, 0.15) is 51.9 Å². The van der Waals surface area contributed by atoms with E-state index in [9.17, 15) is 0 Å². The molecule has 0 aromatic rings. The predicted molar refractivity (Wildman–Crippen MR) is 82.3 cm³/mol. The summed E-state index contributed by atoms with van der Waals surface area (Å²) in [6.07, 6.45) is 9.59. The van der Waals surface area contributed by atoms with Gasteiger partial charge in [-0.05, 0) is 71.2 Å². The van der Waals surface area contributed by atoms with Crippen molar-refractivity contribution >= 4 is 0 Å². The van der Waals surface area contributed by atoms with Crippen molar-refractivity contribution < 1.29 is 0 Å². The van der Waals surface area contributed by atoms with E-state index in [1.807, 2.05) is 0 Å². The molecule has 2 rings (SSSR count). The van der Waals surface area contributed by atoms with Gasteiger partial charge in [0.05, 0.1) is 0 Å². The average Bonchev–Trinajstić information content (AvgIpc) is 2.71. The van der Waals surface area contributed by atoms with Crippen LogP contribution in [0.2, 0.25) is 0 Å². The second-order valence-corrected chi connectivity index (χ2v) is 6.53. The summed E-state index contributed by atoms with van der Waals surface area (Å²) in [5.74, 6) is 0.740. The lowest BCUT2D eigenvalue weighted by molar-refractivity contribution is 0.0844. The Morgan fingerprint density at radius 1 is 1.05 bits per heavy atom. The molecule has 1 aliphatic heterocycles. The van der Waals surface area contributed by atoms with Crippen molar-refractivity contribution in [3.63, 3.8) is 0 Å². The van der Waals surface area contributed by atoms with Gasteiger partial charge >= 0.3 is 0 Å². The number of likely N-dealkylation sites (tertiary alicyclic amines) is 1. The molecule has 0 bridgehead atoms. The van der Waals surface area contributed by atoms with E-state index in [-0.39, 0.29) is 0 Å². The Morgan fingerprint density at radius 2 is 1.84 bits per heavy atom. The average molecular weight is 267 g/mol. The van der Waals surface area contributed by atoms with E-state index in [1.165, 1.54) is 64.6 Å². The lowest BCUT2D eigenvalue weighted by Crippen LogP contribution is -2.48. The molecular formula is C16H33N3. The van der Waals surface area contributed by atoms with Gasteiger partial charge < -0.3 is 15.5 Å². The minimum absolute atomic E-state index is 0.740. The van der Waals surface area contributed by atoms with Crippen molar-refractivity contribution in [1.82, 2.24) is 9.80 Å². The second-order valence-electron chi connectivity index (χ2n) is 6.53. The highest BCUT2D eigenvalue weighted by atomic mass is 15.2. The molecule has 3 atom stereocenters. The zero-order valence-electron chi connectivity index (χ0n) is 13.0. The van der Waals surface area contributed by atoms with Crippen molar-refractivity contribution in [2.75, 3.05) is 33.2 Å². The Kier molecular flexibility index (Phi) is 6.11. The van der Waals surface area contributed by atoms with Gasteiger partial charge in [0, 0.05) is 12.1 Å². The summed E-state index contributed by atoms with van der Waals surface area (Å²) in [7, 11) is 2.37. The van der Waals surface area contributed by atoms with Crippen molar-refractivity contribution in [2.45, 2.75) is 64.0 Å². The van der Waals surface area contributed by atoms with Gasteiger partial charge in [0.25, 0.3) is 0 Å². The molecule has 2 N–H and O–H groups in total.